The van der Waals surface area contributed by atoms with Crippen LogP contribution in [-0.4, -0.2) is 44.6 Å². The molecule has 2 aromatic carbocycles. The smallest absolute Gasteiger partial charge is 0.322 e. The number of hydrogen-bond acceptors (Lipinski definition) is 4. The van der Waals surface area contributed by atoms with E-state index in [-0.39, 0.29) is 24.9 Å². The molecule has 0 atom stereocenters. The van der Waals surface area contributed by atoms with Gasteiger partial charge in [0.15, 0.2) is 0 Å². The van der Waals surface area contributed by atoms with E-state index in [1.807, 2.05) is 24.3 Å². The Bertz CT molecular complexity index is 867. The highest BCUT2D eigenvalue weighted by molar-refractivity contribution is 6.09. The van der Waals surface area contributed by atoms with Crippen LogP contribution in [0.15, 0.2) is 48.5 Å². The first-order chi connectivity index (χ1) is 13.6. The minimum Gasteiger partial charge on any atom is -0.497 e. The summed E-state index contributed by atoms with van der Waals surface area (Å²) in [5.74, 6) is 0.206. The molecule has 3 N–H and O–H groups in total. The lowest BCUT2D eigenvalue weighted by molar-refractivity contribution is -0.120. The zero-order chi connectivity index (χ0) is 19.9. The van der Waals surface area contributed by atoms with E-state index in [1.165, 1.54) is 4.90 Å². The standard InChI is InChI=1S/C20H22N4O4/c1-28-15-8-6-14(7-9-15)10-11-21-18(25)12-22-20(27)24-13-19(26)23-16-4-2-3-5-17(16)24/h2-9H,10-13H2,1H3,(H,21,25)(H,22,27)(H,23,26). The maximum atomic E-state index is 12.4. The molecule has 1 heterocycles. The molecule has 8 heteroatoms. The molecule has 0 aliphatic carbocycles. The maximum absolute atomic E-state index is 12.4. The number of methoxy groups -OCH3 is 1. The molecule has 8 nitrogen and oxygen atoms in total. The van der Waals surface area contributed by atoms with Crippen molar-refractivity contribution in [3.05, 3.63) is 54.1 Å². The van der Waals surface area contributed by atoms with Gasteiger partial charge in [-0.25, -0.2) is 4.79 Å². The van der Waals surface area contributed by atoms with Crippen LogP contribution in [0.3, 0.4) is 0 Å². The van der Waals surface area contributed by atoms with E-state index < -0.39 is 6.03 Å². The number of urea groups is 1. The van der Waals surface area contributed by atoms with Gasteiger partial charge >= 0.3 is 6.03 Å². The third-order valence-corrected chi connectivity index (χ3v) is 4.31. The number of benzene rings is 2. The largest absolute Gasteiger partial charge is 0.497 e. The molecule has 28 heavy (non-hydrogen) atoms. The summed E-state index contributed by atoms with van der Waals surface area (Å²) in [6, 6.07) is 14.1. The highest BCUT2D eigenvalue weighted by atomic mass is 16.5. The Labute approximate surface area is 162 Å². The number of para-hydroxylation sites is 2. The first kappa shape index (κ1) is 19.2. The number of ether oxygens (including phenoxy) is 1. The van der Waals surface area contributed by atoms with Crippen molar-refractivity contribution in [2.45, 2.75) is 6.42 Å². The third kappa shape index (κ3) is 4.79. The number of anilines is 2. The quantitative estimate of drug-likeness (QED) is 0.705. The molecule has 0 saturated carbocycles. The minimum atomic E-state index is -0.493. The van der Waals surface area contributed by atoms with Crippen molar-refractivity contribution < 1.29 is 19.1 Å². The van der Waals surface area contributed by atoms with Gasteiger partial charge in [-0.05, 0) is 36.2 Å². The van der Waals surface area contributed by atoms with Crippen molar-refractivity contribution in [2.24, 2.45) is 0 Å². The second-order valence-corrected chi connectivity index (χ2v) is 6.26. The van der Waals surface area contributed by atoms with E-state index in [1.54, 1.807) is 31.4 Å². The highest BCUT2D eigenvalue weighted by Gasteiger charge is 2.26. The van der Waals surface area contributed by atoms with Crippen LogP contribution in [0.5, 0.6) is 5.75 Å². The van der Waals surface area contributed by atoms with Crippen LogP contribution in [0.25, 0.3) is 0 Å². The van der Waals surface area contributed by atoms with Crippen molar-refractivity contribution in [2.75, 3.05) is 37.0 Å². The summed E-state index contributed by atoms with van der Waals surface area (Å²) < 4.78 is 5.11. The zero-order valence-corrected chi connectivity index (χ0v) is 15.5. The van der Waals surface area contributed by atoms with Crippen LogP contribution in [0.1, 0.15) is 5.56 Å². The summed E-state index contributed by atoms with van der Waals surface area (Å²) in [7, 11) is 1.61. The minimum absolute atomic E-state index is 0.0953. The van der Waals surface area contributed by atoms with Crippen molar-refractivity contribution in [3.63, 3.8) is 0 Å². The SMILES string of the molecule is COc1ccc(CCNC(=O)CNC(=O)N2CC(=O)Nc3ccccc32)cc1. The second kappa shape index (κ2) is 8.90. The van der Waals surface area contributed by atoms with E-state index in [4.69, 9.17) is 4.74 Å². The number of nitrogens with zero attached hydrogens (tertiary/aromatic N) is 1. The number of amides is 4. The Morgan fingerprint density at radius 3 is 2.61 bits per heavy atom. The molecule has 0 aromatic heterocycles. The number of hydrogen-bond donors (Lipinski definition) is 3. The molecule has 0 radical (unpaired) electrons. The molecular weight excluding hydrogens is 360 g/mol. The fourth-order valence-electron chi connectivity index (χ4n) is 2.87. The van der Waals surface area contributed by atoms with Crippen LogP contribution in [0.2, 0.25) is 0 Å². The van der Waals surface area contributed by atoms with Crippen LogP contribution < -0.4 is 25.6 Å². The van der Waals surface area contributed by atoms with Crippen molar-refractivity contribution in [3.8, 4) is 5.75 Å². The fourth-order valence-corrected chi connectivity index (χ4v) is 2.87. The first-order valence-electron chi connectivity index (χ1n) is 8.90. The molecule has 0 unspecified atom stereocenters. The van der Waals surface area contributed by atoms with E-state index in [9.17, 15) is 14.4 Å². The average molecular weight is 382 g/mol. The normalized spacial score (nSPS) is 12.6. The lowest BCUT2D eigenvalue weighted by atomic mass is 10.1. The molecule has 0 fully saturated rings. The topological polar surface area (TPSA) is 99.8 Å². The van der Waals surface area contributed by atoms with Gasteiger partial charge in [0.1, 0.15) is 12.3 Å². The van der Waals surface area contributed by atoms with Crippen LogP contribution in [0.4, 0.5) is 16.2 Å². The molecular formula is C20H22N4O4. The molecule has 1 aliphatic rings. The predicted molar refractivity (Wildman–Crippen MR) is 106 cm³/mol. The Kier molecular flexibility index (Phi) is 6.11. The number of rotatable bonds is 6. The maximum Gasteiger partial charge on any atom is 0.322 e. The second-order valence-electron chi connectivity index (χ2n) is 6.26. The lowest BCUT2D eigenvalue weighted by Crippen LogP contribution is -2.49. The van der Waals surface area contributed by atoms with Gasteiger partial charge in [-0.2, -0.15) is 0 Å². The molecule has 4 amide bonds. The Morgan fingerprint density at radius 2 is 1.86 bits per heavy atom. The van der Waals surface area contributed by atoms with Crippen LogP contribution in [0, 0.1) is 0 Å². The number of fused-ring (bicyclic) bond motifs is 1. The molecule has 3 rings (SSSR count). The summed E-state index contributed by atoms with van der Waals surface area (Å²) >= 11 is 0. The summed E-state index contributed by atoms with van der Waals surface area (Å²) in [4.78, 5) is 37.5. The Hall–Kier alpha value is -3.55. The highest BCUT2D eigenvalue weighted by Crippen LogP contribution is 2.28. The van der Waals surface area contributed by atoms with Crippen LogP contribution >= 0.6 is 0 Å². The number of nitrogens with one attached hydrogen (secondary N) is 3. The zero-order valence-electron chi connectivity index (χ0n) is 15.5. The molecule has 0 saturated heterocycles. The van der Waals surface area contributed by atoms with Gasteiger partial charge in [0.05, 0.1) is 25.0 Å². The van der Waals surface area contributed by atoms with Gasteiger partial charge in [-0.15, -0.1) is 0 Å². The Morgan fingerprint density at radius 1 is 1.11 bits per heavy atom. The van der Waals surface area contributed by atoms with E-state index in [2.05, 4.69) is 16.0 Å². The van der Waals surface area contributed by atoms with E-state index in [0.717, 1.165) is 11.3 Å². The number of carbonyl (C=O) groups excluding carboxylic acids is 3. The van der Waals surface area contributed by atoms with Gasteiger partial charge < -0.3 is 20.7 Å². The monoisotopic (exact) mass is 382 g/mol. The summed E-state index contributed by atoms with van der Waals surface area (Å²) in [6.45, 7) is 0.194. The summed E-state index contributed by atoms with van der Waals surface area (Å²) in [6.07, 6.45) is 0.670. The van der Waals surface area contributed by atoms with E-state index in [0.29, 0.717) is 24.3 Å². The fraction of sp³-hybridized carbons (Fsp3) is 0.250. The van der Waals surface area contributed by atoms with E-state index >= 15 is 0 Å². The molecule has 146 valence electrons. The van der Waals surface area contributed by atoms with Crippen molar-refractivity contribution in [1.29, 1.82) is 0 Å². The molecule has 0 bridgehead atoms. The first-order valence-corrected chi connectivity index (χ1v) is 8.90. The van der Waals surface area contributed by atoms with Gasteiger partial charge in [0.2, 0.25) is 11.8 Å². The third-order valence-electron chi connectivity index (χ3n) is 4.31. The Balaban J connectivity index is 1.45. The van der Waals surface area contributed by atoms with Gasteiger partial charge in [-0.3, -0.25) is 14.5 Å². The van der Waals surface area contributed by atoms with Gasteiger partial charge in [0, 0.05) is 6.54 Å². The average Bonchev–Trinajstić information content (AvgIpc) is 2.71. The molecule has 1 aliphatic heterocycles. The van der Waals surface area contributed by atoms with Crippen molar-refractivity contribution >= 4 is 29.2 Å². The molecule has 2 aromatic rings. The predicted octanol–water partition coefficient (Wildman–Crippen LogP) is 1.52. The number of carbonyl (C=O) groups is 3. The van der Waals surface area contributed by atoms with Gasteiger partial charge in [0.25, 0.3) is 0 Å². The van der Waals surface area contributed by atoms with Crippen molar-refractivity contribution in [1.82, 2.24) is 10.6 Å². The lowest BCUT2D eigenvalue weighted by Gasteiger charge is -2.29. The molecule has 0 spiro atoms. The summed E-state index contributed by atoms with van der Waals surface area (Å²) in [5.41, 5.74) is 2.23. The summed E-state index contributed by atoms with van der Waals surface area (Å²) in [5, 5.41) is 8.03. The van der Waals surface area contributed by atoms with Gasteiger partial charge in [-0.1, -0.05) is 24.3 Å². The van der Waals surface area contributed by atoms with Crippen LogP contribution in [-0.2, 0) is 16.0 Å².